The molecule has 18 heavy (non-hydrogen) atoms. The van der Waals surface area contributed by atoms with E-state index >= 15 is 0 Å². The molecule has 0 saturated carbocycles. The second-order valence-electron chi connectivity index (χ2n) is 4.39. The molecule has 1 atom stereocenters. The SMILES string of the molecule is COc1ccccc1C(=O)CNCC1CCCO1. The summed E-state index contributed by atoms with van der Waals surface area (Å²) in [6.45, 7) is 1.90. The van der Waals surface area contributed by atoms with Crippen molar-refractivity contribution in [3.63, 3.8) is 0 Å². The van der Waals surface area contributed by atoms with Gasteiger partial charge in [0.1, 0.15) is 5.75 Å². The second-order valence-corrected chi connectivity index (χ2v) is 4.39. The van der Waals surface area contributed by atoms with Gasteiger partial charge in [0, 0.05) is 13.2 Å². The summed E-state index contributed by atoms with van der Waals surface area (Å²) in [7, 11) is 1.58. The van der Waals surface area contributed by atoms with Crippen LogP contribution in [0.2, 0.25) is 0 Å². The molecule has 0 spiro atoms. The summed E-state index contributed by atoms with van der Waals surface area (Å²) in [5.74, 6) is 0.673. The number of carbonyl (C=O) groups excluding carboxylic acids is 1. The van der Waals surface area contributed by atoms with Crippen molar-refractivity contribution in [3.8, 4) is 5.75 Å². The molecule has 1 aromatic rings. The summed E-state index contributed by atoms with van der Waals surface area (Å²) in [5.41, 5.74) is 0.625. The molecule has 0 amide bonds. The second kappa shape index (κ2) is 6.52. The van der Waals surface area contributed by atoms with Gasteiger partial charge in [-0.25, -0.2) is 0 Å². The number of Topliss-reactive ketones (excluding diaryl/α,β-unsaturated/α-hetero) is 1. The Morgan fingerprint density at radius 1 is 1.50 bits per heavy atom. The standard InChI is InChI=1S/C14H19NO3/c1-17-14-7-3-2-6-12(14)13(16)10-15-9-11-5-4-8-18-11/h2-3,6-7,11,15H,4-5,8-10H2,1H3. The third-order valence-electron chi connectivity index (χ3n) is 3.09. The van der Waals surface area contributed by atoms with Gasteiger partial charge in [-0.2, -0.15) is 0 Å². The Labute approximate surface area is 107 Å². The quantitative estimate of drug-likeness (QED) is 0.779. The molecule has 1 aliphatic rings. The molecule has 0 radical (unpaired) electrons. The van der Waals surface area contributed by atoms with Crippen LogP contribution in [0.3, 0.4) is 0 Å². The van der Waals surface area contributed by atoms with Crippen molar-refractivity contribution in [1.82, 2.24) is 5.32 Å². The number of hydrogen-bond acceptors (Lipinski definition) is 4. The summed E-state index contributed by atoms with van der Waals surface area (Å²) < 4.78 is 10.7. The van der Waals surface area contributed by atoms with Gasteiger partial charge in [-0.15, -0.1) is 0 Å². The van der Waals surface area contributed by atoms with Gasteiger partial charge in [0.25, 0.3) is 0 Å². The Balaban J connectivity index is 1.83. The molecule has 1 fully saturated rings. The van der Waals surface area contributed by atoms with Crippen molar-refractivity contribution in [2.75, 3.05) is 26.8 Å². The highest BCUT2D eigenvalue weighted by Gasteiger charge is 2.16. The molecule has 4 nitrogen and oxygen atoms in total. The number of nitrogens with one attached hydrogen (secondary N) is 1. The van der Waals surface area contributed by atoms with E-state index in [9.17, 15) is 4.79 Å². The largest absolute Gasteiger partial charge is 0.496 e. The molecule has 1 saturated heterocycles. The van der Waals surface area contributed by atoms with Crippen LogP contribution in [0.25, 0.3) is 0 Å². The monoisotopic (exact) mass is 249 g/mol. The fraction of sp³-hybridized carbons (Fsp3) is 0.500. The summed E-state index contributed by atoms with van der Waals surface area (Å²) in [6, 6.07) is 7.29. The van der Waals surface area contributed by atoms with E-state index in [4.69, 9.17) is 9.47 Å². The Kier molecular flexibility index (Phi) is 4.73. The summed E-state index contributed by atoms with van der Waals surface area (Å²) in [6.07, 6.45) is 2.46. The van der Waals surface area contributed by atoms with Crippen LogP contribution >= 0.6 is 0 Å². The first kappa shape index (κ1) is 13.1. The van der Waals surface area contributed by atoms with E-state index in [1.165, 1.54) is 0 Å². The lowest BCUT2D eigenvalue weighted by Crippen LogP contribution is -2.31. The topological polar surface area (TPSA) is 47.6 Å². The van der Waals surface area contributed by atoms with Gasteiger partial charge in [-0.05, 0) is 25.0 Å². The predicted octanol–water partition coefficient (Wildman–Crippen LogP) is 1.65. The minimum absolute atomic E-state index is 0.0467. The van der Waals surface area contributed by atoms with Gasteiger partial charge in [0.05, 0.1) is 25.3 Å². The number of para-hydroxylation sites is 1. The zero-order valence-corrected chi connectivity index (χ0v) is 10.6. The van der Waals surface area contributed by atoms with E-state index in [0.717, 1.165) is 26.0 Å². The molecule has 1 N–H and O–H groups in total. The van der Waals surface area contributed by atoms with Crippen LogP contribution in [0.4, 0.5) is 0 Å². The van der Waals surface area contributed by atoms with Gasteiger partial charge in [-0.3, -0.25) is 4.79 Å². The number of benzene rings is 1. The molecular weight excluding hydrogens is 230 g/mol. The van der Waals surface area contributed by atoms with Crippen molar-refractivity contribution in [1.29, 1.82) is 0 Å². The number of ether oxygens (including phenoxy) is 2. The Morgan fingerprint density at radius 3 is 3.06 bits per heavy atom. The molecule has 0 bridgehead atoms. The number of carbonyl (C=O) groups is 1. The predicted molar refractivity (Wildman–Crippen MR) is 69.2 cm³/mol. The molecule has 1 unspecified atom stereocenters. The Morgan fingerprint density at radius 2 is 2.33 bits per heavy atom. The molecule has 98 valence electrons. The van der Waals surface area contributed by atoms with Crippen molar-refractivity contribution in [3.05, 3.63) is 29.8 Å². The maximum atomic E-state index is 12.0. The van der Waals surface area contributed by atoms with Crippen LogP contribution in [0.1, 0.15) is 23.2 Å². The van der Waals surface area contributed by atoms with Crippen LogP contribution in [0.15, 0.2) is 24.3 Å². The van der Waals surface area contributed by atoms with Gasteiger partial charge in [-0.1, -0.05) is 12.1 Å². The number of hydrogen-bond donors (Lipinski definition) is 1. The third kappa shape index (κ3) is 3.31. The molecule has 0 aliphatic carbocycles. The Bertz CT molecular complexity index is 400. The highest BCUT2D eigenvalue weighted by atomic mass is 16.5. The fourth-order valence-electron chi connectivity index (χ4n) is 2.12. The van der Waals surface area contributed by atoms with E-state index in [1.54, 1.807) is 19.2 Å². The van der Waals surface area contributed by atoms with E-state index in [2.05, 4.69) is 5.32 Å². The lowest BCUT2D eigenvalue weighted by Gasteiger charge is -2.11. The van der Waals surface area contributed by atoms with Crippen LogP contribution in [0, 0.1) is 0 Å². The van der Waals surface area contributed by atoms with E-state index < -0.39 is 0 Å². The van der Waals surface area contributed by atoms with E-state index in [0.29, 0.717) is 17.9 Å². The smallest absolute Gasteiger partial charge is 0.180 e. The number of rotatable bonds is 6. The minimum atomic E-state index is 0.0467. The molecule has 0 aromatic heterocycles. The maximum Gasteiger partial charge on any atom is 0.180 e. The zero-order valence-electron chi connectivity index (χ0n) is 10.6. The third-order valence-corrected chi connectivity index (χ3v) is 3.09. The average Bonchev–Trinajstić information content (AvgIpc) is 2.91. The van der Waals surface area contributed by atoms with Crippen molar-refractivity contribution in [2.45, 2.75) is 18.9 Å². The molecule has 1 aliphatic heterocycles. The first-order chi connectivity index (χ1) is 8.81. The highest BCUT2D eigenvalue weighted by Crippen LogP contribution is 2.17. The molecular formula is C14H19NO3. The maximum absolute atomic E-state index is 12.0. The van der Waals surface area contributed by atoms with Crippen molar-refractivity contribution < 1.29 is 14.3 Å². The fourth-order valence-corrected chi connectivity index (χ4v) is 2.12. The van der Waals surface area contributed by atoms with Gasteiger partial charge >= 0.3 is 0 Å². The molecule has 1 heterocycles. The summed E-state index contributed by atoms with van der Waals surface area (Å²) in [5, 5.41) is 3.15. The van der Waals surface area contributed by atoms with Gasteiger partial charge in [0.15, 0.2) is 5.78 Å². The van der Waals surface area contributed by atoms with Crippen LogP contribution < -0.4 is 10.1 Å². The summed E-state index contributed by atoms with van der Waals surface area (Å²) >= 11 is 0. The summed E-state index contributed by atoms with van der Waals surface area (Å²) in [4.78, 5) is 12.0. The molecule has 2 rings (SSSR count). The molecule has 1 aromatic carbocycles. The van der Waals surface area contributed by atoms with E-state index in [-0.39, 0.29) is 11.9 Å². The van der Waals surface area contributed by atoms with Crippen LogP contribution in [-0.2, 0) is 4.74 Å². The number of methoxy groups -OCH3 is 1. The number of ketones is 1. The average molecular weight is 249 g/mol. The highest BCUT2D eigenvalue weighted by molar-refractivity contribution is 6.00. The molecule has 4 heteroatoms. The first-order valence-electron chi connectivity index (χ1n) is 6.30. The van der Waals surface area contributed by atoms with Crippen molar-refractivity contribution in [2.24, 2.45) is 0 Å². The first-order valence-corrected chi connectivity index (χ1v) is 6.30. The Hall–Kier alpha value is -1.39. The van der Waals surface area contributed by atoms with Crippen LogP contribution in [-0.4, -0.2) is 38.7 Å². The van der Waals surface area contributed by atoms with Crippen LogP contribution in [0.5, 0.6) is 5.75 Å². The normalized spacial score (nSPS) is 18.8. The van der Waals surface area contributed by atoms with Gasteiger partial charge < -0.3 is 14.8 Å². The lowest BCUT2D eigenvalue weighted by molar-refractivity contribution is 0.0953. The van der Waals surface area contributed by atoms with Crippen molar-refractivity contribution >= 4 is 5.78 Å². The minimum Gasteiger partial charge on any atom is -0.496 e. The zero-order chi connectivity index (χ0) is 12.8. The van der Waals surface area contributed by atoms with Gasteiger partial charge in [0.2, 0.25) is 0 Å². The van der Waals surface area contributed by atoms with E-state index in [1.807, 2.05) is 12.1 Å². The lowest BCUT2D eigenvalue weighted by atomic mass is 10.1.